The molecule has 0 aliphatic heterocycles. The molecule has 2 aromatic heterocycles. The van der Waals surface area contributed by atoms with Crippen molar-refractivity contribution in [1.29, 1.82) is 0 Å². The number of nitrogens with one attached hydrogen (secondary N) is 1. The van der Waals surface area contributed by atoms with E-state index in [4.69, 9.17) is 27.9 Å². The Bertz CT molecular complexity index is 1120. The van der Waals surface area contributed by atoms with E-state index in [-0.39, 0.29) is 18.1 Å². The molecular weight excluding hydrogens is 495 g/mol. The van der Waals surface area contributed by atoms with Crippen molar-refractivity contribution in [1.82, 2.24) is 20.1 Å². The Balaban J connectivity index is 1.67. The Morgan fingerprint density at radius 3 is 2.71 bits per heavy atom. The molecule has 0 fully saturated rings. The SMILES string of the molecule is CSCC[C@H](NC(=O)CCCOc1cc(-c2cccnc2)nn1-c1ccc(Cl)c(Cl)c1)C(C)=O. The number of rotatable bonds is 12. The number of carbonyl (C=O) groups excluding carboxylic acids is 2. The van der Waals surface area contributed by atoms with Crippen LogP contribution in [0.15, 0.2) is 48.8 Å². The van der Waals surface area contributed by atoms with Gasteiger partial charge in [0.2, 0.25) is 11.8 Å². The normalized spacial score (nSPS) is 11.8. The summed E-state index contributed by atoms with van der Waals surface area (Å²) in [5.41, 5.74) is 2.21. The molecular formula is C24H26Cl2N4O3S. The zero-order valence-corrected chi connectivity index (χ0v) is 21.3. The number of aromatic nitrogens is 3. The van der Waals surface area contributed by atoms with Gasteiger partial charge in [-0.1, -0.05) is 23.2 Å². The van der Waals surface area contributed by atoms with Crippen molar-refractivity contribution in [3.63, 3.8) is 0 Å². The highest BCUT2D eigenvalue weighted by molar-refractivity contribution is 7.98. The molecule has 0 aliphatic carbocycles. The Kier molecular flexibility index (Phi) is 9.80. The van der Waals surface area contributed by atoms with Crippen LogP contribution in [0.1, 0.15) is 26.2 Å². The van der Waals surface area contributed by atoms with Crippen molar-refractivity contribution in [2.24, 2.45) is 0 Å². The highest BCUT2D eigenvalue weighted by Crippen LogP contribution is 2.29. The molecule has 7 nitrogen and oxygen atoms in total. The minimum absolute atomic E-state index is 0.0351. The van der Waals surface area contributed by atoms with E-state index in [0.29, 0.717) is 46.8 Å². The maximum Gasteiger partial charge on any atom is 0.220 e. The lowest BCUT2D eigenvalue weighted by Crippen LogP contribution is -2.40. The lowest BCUT2D eigenvalue weighted by atomic mass is 10.1. The molecule has 1 atom stereocenters. The van der Waals surface area contributed by atoms with E-state index < -0.39 is 6.04 Å². The molecule has 34 heavy (non-hydrogen) atoms. The maximum absolute atomic E-state index is 12.3. The molecule has 0 aliphatic rings. The summed E-state index contributed by atoms with van der Waals surface area (Å²) in [6.45, 7) is 1.79. The predicted molar refractivity (Wildman–Crippen MR) is 137 cm³/mol. The third-order valence-corrected chi connectivity index (χ3v) is 6.40. The van der Waals surface area contributed by atoms with Crippen molar-refractivity contribution < 1.29 is 14.3 Å². The second kappa shape index (κ2) is 12.8. The molecule has 0 saturated heterocycles. The zero-order chi connectivity index (χ0) is 24.5. The van der Waals surface area contributed by atoms with Crippen LogP contribution in [0.3, 0.4) is 0 Å². The summed E-state index contributed by atoms with van der Waals surface area (Å²) in [5, 5.41) is 8.32. The van der Waals surface area contributed by atoms with Gasteiger partial charge in [-0.2, -0.15) is 16.9 Å². The Labute approximate surface area is 213 Å². The first-order chi connectivity index (χ1) is 16.4. The number of nitrogens with zero attached hydrogens (tertiary/aromatic N) is 3. The average Bonchev–Trinajstić information content (AvgIpc) is 3.26. The number of carbonyl (C=O) groups is 2. The second-order valence-corrected chi connectivity index (χ2v) is 9.38. The number of Topliss-reactive ketones (excluding diaryl/α,β-unsaturated/α-hetero) is 1. The summed E-state index contributed by atoms with van der Waals surface area (Å²) in [7, 11) is 0. The lowest BCUT2D eigenvalue weighted by Gasteiger charge is -2.15. The average molecular weight is 521 g/mol. The standard InChI is InChI=1S/C24H26Cl2N4O3S/c1-16(31)21(9-12-34-2)28-23(32)6-4-11-33-24-14-22(17-5-3-10-27-15-17)29-30(24)18-7-8-19(25)20(26)13-18/h3,5,7-8,10,13-15,21H,4,6,9,11-12H2,1-2H3,(H,28,32)/t21-/m0/s1. The summed E-state index contributed by atoms with van der Waals surface area (Å²) < 4.78 is 7.62. The van der Waals surface area contributed by atoms with E-state index in [2.05, 4.69) is 15.4 Å². The van der Waals surface area contributed by atoms with Gasteiger partial charge < -0.3 is 10.1 Å². The molecule has 0 radical (unpaired) electrons. The second-order valence-electron chi connectivity index (χ2n) is 7.58. The molecule has 0 unspecified atom stereocenters. The largest absolute Gasteiger partial charge is 0.478 e. The van der Waals surface area contributed by atoms with Crippen LogP contribution in [0.2, 0.25) is 10.0 Å². The third-order valence-electron chi connectivity index (χ3n) is 5.02. The summed E-state index contributed by atoms with van der Waals surface area (Å²) >= 11 is 13.9. The van der Waals surface area contributed by atoms with E-state index in [0.717, 1.165) is 11.3 Å². The minimum atomic E-state index is -0.445. The van der Waals surface area contributed by atoms with Crippen LogP contribution in [-0.4, -0.2) is 51.1 Å². The van der Waals surface area contributed by atoms with Gasteiger partial charge in [0.1, 0.15) is 0 Å². The molecule has 3 aromatic rings. The number of pyridine rings is 1. The van der Waals surface area contributed by atoms with Gasteiger partial charge in [0.25, 0.3) is 0 Å². The quantitative estimate of drug-likeness (QED) is 0.329. The van der Waals surface area contributed by atoms with Crippen LogP contribution in [-0.2, 0) is 9.59 Å². The predicted octanol–water partition coefficient (Wildman–Crippen LogP) is 5.23. The zero-order valence-electron chi connectivity index (χ0n) is 19.0. The van der Waals surface area contributed by atoms with Gasteiger partial charge in [0, 0.05) is 30.4 Å². The molecule has 3 rings (SSSR count). The summed E-state index contributed by atoms with van der Waals surface area (Å²) in [4.78, 5) is 28.2. The number of hydrogen-bond acceptors (Lipinski definition) is 6. The Morgan fingerprint density at radius 2 is 2.03 bits per heavy atom. The fraction of sp³-hybridized carbons (Fsp3) is 0.333. The van der Waals surface area contributed by atoms with Crippen molar-refractivity contribution in [2.75, 3.05) is 18.6 Å². The minimum Gasteiger partial charge on any atom is -0.478 e. The monoisotopic (exact) mass is 520 g/mol. The number of ketones is 1. The first-order valence-electron chi connectivity index (χ1n) is 10.8. The number of amides is 1. The molecule has 180 valence electrons. The van der Waals surface area contributed by atoms with Crippen molar-refractivity contribution >= 4 is 46.7 Å². The molecule has 10 heteroatoms. The smallest absolute Gasteiger partial charge is 0.220 e. The van der Waals surface area contributed by atoms with Crippen LogP contribution >= 0.6 is 35.0 Å². The van der Waals surface area contributed by atoms with Gasteiger partial charge in [-0.15, -0.1) is 0 Å². The molecule has 0 saturated carbocycles. The topological polar surface area (TPSA) is 86.1 Å². The van der Waals surface area contributed by atoms with Gasteiger partial charge >= 0.3 is 0 Å². The fourth-order valence-electron chi connectivity index (χ4n) is 3.21. The number of thioether (sulfide) groups is 1. The first-order valence-corrected chi connectivity index (χ1v) is 12.9. The van der Waals surface area contributed by atoms with E-state index in [1.807, 2.05) is 24.5 Å². The van der Waals surface area contributed by atoms with Crippen molar-refractivity contribution in [3.05, 3.63) is 58.8 Å². The van der Waals surface area contributed by atoms with Crippen molar-refractivity contribution in [3.8, 4) is 22.8 Å². The van der Waals surface area contributed by atoms with Crippen LogP contribution < -0.4 is 10.1 Å². The van der Waals surface area contributed by atoms with E-state index in [1.54, 1.807) is 47.0 Å². The van der Waals surface area contributed by atoms with Gasteiger partial charge in [-0.3, -0.25) is 14.6 Å². The van der Waals surface area contributed by atoms with E-state index in [9.17, 15) is 9.59 Å². The molecule has 0 spiro atoms. The third kappa shape index (κ3) is 7.22. The maximum atomic E-state index is 12.3. The number of ether oxygens (including phenoxy) is 1. The first kappa shape index (κ1) is 26.1. The van der Waals surface area contributed by atoms with Gasteiger partial charge in [-0.05, 0) is 62.1 Å². The fourth-order valence-corrected chi connectivity index (χ4v) is 3.98. The molecule has 0 bridgehead atoms. The van der Waals surface area contributed by atoms with Crippen molar-refractivity contribution in [2.45, 2.75) is 32.2 Å². The molecule has 1 aromatic carbocycles. The van der Waals surface area contributed by atoms with Crippen LogP contribution in [0, 0.1) is 0 Å². The van der Waals surface area contributed by atoms with Gasteiger partial charge in [0.05, 0.1) is 34.1 Å². The van der Waals surface area contributed by atoms with E-state index >= 15 is 0 Å². The van der Waals surface area contributed by atoms with Crippen LogP contribution in [0.5, 0.6) is 5.88 Å². The number of hydrogen-bond donors (Lipinski definition) is 1. The Hall–Kier alpha value is -2.55. The highest BCUT2D eigenvalue weighted by Gasteiger charge is 2.17. The van der Waals surface area contributed by atoms with Gasteiger partial charge in [0.15, 0.2) is 5.78 Å². The van der Waals surface area contributed by atoms with Crippen LogP contribution in [0.4, 0.5) is 0 Å². The molecule has 2 heterocycles. The highest BCUT2D eigenvalue weighted by atomic mass is 35.5. The van der Waals surface area contributed by atoms with E-state index in [1.165, 1.54) is 6.92 Å². The van der Waals surface area contributed by atoms with Crippen LogP contribution in [0.25, 0.3) is 16.9 Å². The number of benzene rings is 1. The molecule has 1 amide bonds. The van der Waals surface area contributed by atoms with Gasteiger partial charge in [-0.25, -0.2) is 4.68 Å². The number of halogens is 2. The summed E-state index contributed by atoms with van der Waals surface area (Å²) in [6.07, 6.45) is 6.74. The summed E-state index contributed by atoms with van der Waals surface area (Å²) in [5.74, 6) is 1.11. The Morgan fingerprint density at radius 1 is 1.21 bits per heavy atom. The molecule has 1 N–H and O–H groups in total. The lowest BCUT2D eigenvalue weighted by molar-refractivity contribution is -0.127. The summed E-state index contributed by atoms with van der Waals surface area (Å²) in [6, 6.07) is 10.3.